The lowest BCUT2D eigenvalue weighted by atomic mass is 10.1. The highest BCUT2D eigenvalue weighted by molar-refractivity contribution is 6.84. The van der Waals surface area contributed by atoms with Crippen molar-refractivity contribution in [1.29, 1.82) is 0 Å². The van der Waals surface area contributed by atoms with Gasteiger partial charge in [0.15, 0.2) is 0 Å². The molecule has 1 aliphatic heterocycles. The summed E-state index contributed by atoms with van der Waals surface area (Å²) in [4.78, 5) is 35.1. The van der Waals surface area contributed by atoms with Gasteiger partial charge in [-0.25, -0.2) is 9.97 Å². The number of ether oxygens (including phenoxy) is 1. The molecule has 1 unspecified atom stereocenters. The van der Waals surface area contributed by atoms with Gasteiger partial charge in [0.1, 0.15) is 23.9 Å². The summed E-state index contributed by atoms with van der Waals surface area (Å²) >= 11 is 0. The van der Waals surface area contributed by atoms with Gasteiger partial charge in [-0.15, -0.1) is 0 Å². The number of nitrogens with one attached hydrogen (secondary N) is 1. The normalized spacial score (nSPS) is 23.6. The van der Waals surface area contributed by atoms with Gasteiger partial charge in [-0.05, 0) is 40.2 Å². The maximum atomic E-state index is 13.8. The molecule has 2 aliphatic rings. The Morgan fingerprint density at radius 2 is 1.65 bits per heavy atom. The summed E-state index contributed by atoms with van der Waals surface area (Å²) in [7, 11) is -5.69. The van der Waals surface area contributed by atoms with Gasteiger partial charge in [-0.2, -0.15) is 5.10 Å². The van der Waals surface area contributed by atoms with E-state index in [9.17, 15) is 9.59 Å². The molecule has 0 radical (unpaired) electrons. The van der Waals surface area contributed by atoms with Crippen LogP contribution in [0, 0.1) is 5.92 Å². The van der Waals surface area contributed by atoms with Gasteiger partial charge < -0.3 is 23.0 Å². The zero-order chi connectivity index (χ0) is 34.8. The van der Waals surface area contributed by atoms with Gasteiger partial charge >= 0.3 is 23.1 Å². The van der Waals surface area contributed by atoms with Gasteiger partial charge in [-0.1, -0.05) is 85.7 Å². The van der Waals surface area contributed by atoms with Crippen molar-refractivity contribution in [3.8, 4) is 0 Å². The standard InChI is InChI=1S/C35H51N5O6Si2/c1-22(2)47(23(3)4)43-20-28-17-31(34(44-26(9)41)33(28)45-48(46-47,24(5)6)25(7)8)38-35-29(18-36-21-37-35)32(42)30-15-16-40(39-30)19-27-13-11-10-12-14-27/h10-16,18,21-25,28,31,33-34H,17,19-20H2,1-9H3,(H,36,37,38)/t28-,31?,33-,34-/m1/s1. The Kier molecular flexibility index (Phi) is 11.0. The van der Waals surface area contributed by atoms with Crippen LogP contribution in [-0.2, 0) is 29.0 Å². The van der Waals surface area contributed by atoms with Crippen molar-refractivity contribution in [3.05, 3.63) is 71.9 Å². The molecule has 5 rings (SSSR count). The van der Waals surface area contributed by atoms with Crippen LogP contribution in [0.3, 0.4) is 0 Å². The molecule has 0 spiro atoms. The van der Waals surface area contributed by atoms with Gasteiger partial charge in [-0.3, -0.25) is 14.3 Å². The first-order valence-electron chi connectivity index (χ1n) is 17.1. The Morgan fingerprint density at radius 3 is 2.27 bits per heavy atom. The molecule has 1 saturated heterocycles. The molecule has 260 valence electrons. The molecule has 0 bridgehead atoms. The van der Waals surface area contributed by atoms with E-state index in [0.717, 1.165) is 5.56 Å². The van der Waals surface area contributed by atoms with E-state index < -0.39 is 41.3 Å². The average molecular weight is 694 g/mol. The summed E-state index contributed by atoms with van der Waals surface area (Å²) in [5.74, 6) is -0.427. The molecule has 1 aliphatic carbocycles. The molecule has 2 fully saturated rings. The van der Waals surface area contributed by atoms with Crippen LogP contribution in [0.15, 0.2) is 55.1 Å². The molecule has 13 heteroatoms. The lowest BCUT2D eigenvalue weighted by Crippen LogP contribution is -2.65. The topological polar surface area (TPSA) is 127 Å². The van der Waals surface area contributed by atoms with Crippen molar-refractivity contribution < 1.29 is 27.3 Å². The number of aromatic nitrogens is 4. The second-order valence-corrected chi connectivity index (χ2v) is 23.2. The fraction of sp³-hybridized carbons (Fsp3) is 0.571. The Morgan fingerprint density at radius 1 is 0.979 bits per heavy atom. The molecular weight excluding hydrogens is 643 g/mol. The van der Waals surface area contributed by atoms with E-state index in [1.54, 1.807) is 16.9 Å². The number of anilines is 1. The van der Waals surface area contributed by atoms with Crippen molar-refractivity contribution in [2.75, 3.05) is 11.9 Å². The number of carbonyl (C=O) groups excluding carboxylic acids is 2. The Balaban J connectivity index is 1.46. The zero-order valence-electron chi connectivity index (χ0n) is 29.7. The summed E-state index contributed by atoms with van der Waals surface area (Å²) in [6.07, 6.45) is 4.18. The minimum Gasteiger partial charge on any atom is -0.458 e. The number of esters is 1. The second-order valence-electron chi connectivity index (χ2n) is 14.4. The van der Waals surface area contributed by atoms with Crippen LogP contribution < -0.4 is 5.32 Å². The molecule has 0 amide bonds. The summed E-state index contributed by atoms with van der Waals surface area (Å²) in [5.41, 5.74) is 2.34. The van der Waals surface area contributed by atoms with Gasteiger partial charge in [0.2, 0.25) is 5.78 Å². The molecule has 1 saturated carbocycles. The van der Waals surface area contributed by atoms with Crippen LogP contribution in [0.5, 0.6) is 0 Å². The molecule has 3 aromatic rings. The minimum atomic E-state index is -2.95. The Labute approximate surface area is 286 Å². The number of fused-ring (bicyclic) bond motifs is 1. The van der Waals surface area contributed by atoms with E-state index in [1.807, 2.05) is 30.3 Å². The lowest BCUT2D eigenvalue weighted by molar-refractivity contribution is -0.152. The quantitative estimate of drug-likeness (QED) is 0.133. The number of nitrogens with zero attached hydrogens (tertiary/aromatic N) is 4. The molecular formula is C35H51N5O6Si2. The summed E-state index contributed by atoms with van der Waals surface area (Å²) in [6.45, 7) is 19.9. The van der Waals surface area contributed by atoms with Crippen LogP contribution in [0.25, 0.3) is 0 Å². The zero-order valence-corrected chi connectivity index (χ0v) is 31.7. The van der Waals surface area contributed by atoms with Crippen LogP contribution in [0.1, 0.15) is 90.3 Å². The van der Waals surface area contributed by atoms with E-state index in [-0.39, 0.29) is 45.1 Å². The predicted molar refractivity (Wildman–Crippen MR) is 188 cm³/mol. The van der Waals surface area contributed by atoms with Crippen molar-refractivity contribution in [2.45, 2.75) is 116 Å². The highest BCUT2D eigenvalue weighted by Gasteiger charge is 2.61. The number of hydrogen-bond donors (Lipinski definition) is 1. The van der Waals surface area contributed by atoms with E-state index in [2.05, 4.69) is 75.8 Å². The summed E-state index contributed by atoms with van der Waals surface area (Å²) in [6, 6.07) is 11.2. The maximum Gasteiger partial charge on any atom is 0.335 e. The summed E-state index contributed by atoms with van der Waals surface area (Å²) in [5, 5.41) is 8.03. The van der Waals surface area contributed by atoms with Crippen LogP contribution >= 0.6 is 0 Å². The first kappa shape index (κ1) is 36.1. The Hall–Kier alpha value is -3.24. The van der Waals surface area contributed by atoms with E-state index in [0.29, 0.717) is 25.4 Å². The molecule has 1 aromatic carbocycles. The minimum absolute atomic E-state index is 0.0702. The van der Waals surface area contributed by atoms with Crippen molar-refractivity contribution in [3.63, 3.8) is 0 Å². The fourth-order valence-corrected chi connectivity index (χ4v) is 18.6. The fourth-order valence-electron chi connectivity index (χ4n) is 7.33. The number of ketones is 1. The van der Waals surface area contributed by atoms with Gasteiger partial charge in [0.25, 0.3) is 0 Å². The Bertz CT molecular complexity index is 1550. The van der Waals surface area contributed by atoms with Crippen molar-refractivity contribution in [2.24, 2.45) is 5.92 Å². The first-order chi connectivity index (χ1) is 22.8. The van der Waals surface area contributed by atoms with E-state index in [1.165, 1.54) is 19.4 Å². The van der Waals surface area contributed by atoms with E-state index >= 15 is 0 Å². The predicted octanol–water partition coefficient (Wildman–Crippen LogP) is 6.64. The van der Waals surface area contributed by atoms with Crippen LogP contribution in [0.4, 0.5) is 5.82 Å². The smallest absolute Gasteiger partial charge is 0.335 e. The highest BCUT2D eigenvalue weighted by atomic mass is 28.5. The van der Waals surface area contributed by atoms with Crippen molar-refractivity contribution >= 4 is 34.7 Å². The molecule has 48 heavy (non-hydrogen) atoms. The molecule has 11 nitrogen and oxygen atoms in total. The third-order valence-electron chi connectivity index (χ3n) is 9.76. The second kappa shape index (κ2) is 14.7. The van der Waals surface area contributed by atoms with Gasteiger partial charge in [0.05, 0.1) is 24.3 Å². The number of hydrogen-bond acceptors (Lipinski definition) is 10. The average Bonchev–Trinajstić information content (AvgIpc) is 3.61. The summed E-state index contributed by atoms with van der Waals surface area (Å²) < 4.78 is 29.5. The largest absolute Gasteiger partial charge is 0.458 e. The number of benzene rings is 1. The molecule has 2 aromatic heterocycles. The van der Waals surface area contributed by atoms with Crippen LogP contribution in [-0.4, -0.2) is 73.5 Å². The third kappa shape index (κ3) is 7.20. The van der Waals surface area contributed by atoms with Gasteiger partial charge in [0, 0.05) is 31.8 Å². The SMILES string of the molecule is CC(=O)O[C@@H]1C(Nc2ncncc2C(=O)c2ccn(Cc3ccccc3)n2)C[C@@H]2CO[Si](C(C)C)(C(C)C)O[Si](C(C)C)(C(C)C)O[C@H]21. The molecule has 3 heterocycles. The molecule has 1 N–H and O–H groups in total. The maximum absolute atomic E-state index is 13.8. The highest BCUT2D eigenvalue weighted by Crippen LogP contribution is 2.49. The molecule has 4 atom stereocenters. The first-order valence-corrected chi connectivity index (χ1v) is 21.1. The number of carbonyl (C=O) groups is 2. The third-order valence-corrected chi connectivity index (χ3v) is 20.0. The van der Waals surface area contributed by atoms with E-state index in [4.69, 9.17) is 17.7 Å². The van der Waals surface area contributed by atoms with Crippen LogP contribution in [0.2, 0.25) is 22.2 Å². The van der Waals surface area contributed by atoms with Crippen molar-refractivity contribution in [1.82, 2.24) is 19.7 Å². The monoisotopic (exact) mass is 693 g/mol. The number of rotatable bonds is 11. The lowest BCUT2D eigenvalue weighted by Gasteiger charge is -2.51.